The number of rotatable bonds is 4. The summed E-state index contributed by atoms with van der Waals surface area (Å²) in [5.41, 5.74) is 3.19. The maximum Gasteiger partial charge on any atom is 0.339 e. The first-order valence-electron chi connectivity index (χ1n) is 7.73. The van der Waals surface area contributed by atoms with Gasteiger partial charge in [0.25, 0.3) is 0 Å². The summed E-state index contributed by atoms with van der Waals surface area (Å²) in [7, 11) is 1.85. The molecule has 1 aliphatic rings. The lowest BCUT2D eigenvalue weighted by atomic mass is 10.0. The van der Waals surface area contributed by atoms with Gasteiger partial charge in [-0.1, -0.05) is 0 Å². The third-order valence-corrected chi connectivity index (χ3v) is 4.36. The van der Waals surface area contributed by atoms with Gasteiger partial charge in [0.2, 0.25) is 0 Å². The fourth-order valence-electron chi connectivity index (χ4n) is 2.93. The molecule has 1 aromatic heterocycles. The zero-order valence-corrected chi connectivity index (χ0v) is 13.1. The van der Waals surface area contributed by atoms with Crippen LogP contribution in [0.5, 0.6) is 0 Å². The minimum atomic E-state index is -0.216. The van der Waals surface area contributed by atoms with Crippen LogP contribution < -0.4 is 10.9 Å². The Bertz CT molecular complexity index is 718. The number of anilines is 1. The van der Waals surface area contributed by atoms with Crippen LogP contribution in [0.2, 0.25) is 0 Å². The SMILES string of the molecule is CNc1ccc2c(C)c(CCN3CCOCC3)c(=O)oc2c1. The molecule has 5 nitrogen and oxygen atoms in total. The maximum absolute atomic E-state index is 12.3. The normalized spacial score (nSPS) is 16.1. The van der Waals surface area contributed by atoms with Crippen molar-refractivity contribution in [2.24, 2.45) is 0 Å². The van der Waals surface area contributed by atoms with Crippen molar-refractivity contribution in [3.05, 3.63) is 39.7 Å². The van der Waals surface area contributed by atoms with E-state index in [0.29, 0.717) is 5.58 Å². The summed E-state index contributed by atoms with van der Waals surface area (Å²) in [6.07, 6.45) is 0.720. The summed E-state index contributed by atoms with van der Waals surface area (Å²) in [4.78, 5) is 14.6. The van der Waals surface area contributed by atoms with Crippen molar-refractivity contribution < 1.29 is 9.15 Å². The second kappa shape index (κ2) is 6.50. The number of nitrogens with zero attached hydrogens (tertiary/aromatic N) is 1. The Morgan fingerprint density at radius 2 is 2.05 bits per heavy atom. The molecule has 0 amide bonds. The van der Waals surface area contributed by atoms with Gasteiger partial charge in [-0.2, -0.15) is 0 Å². The lowest BCUT2D eigenvalue weighted by Crippen LogP contribution is -2.38. The van der Waals surface area contributed by atoms with Crippen molar-refractivity contribution in [3.8, 4) is 0 Å². The Morgan fingerprint density at radius 3 is 2.77 bits per heavy atom. The van der Waals surface area contributed by atoms with Gasteiger partial charge in [0.05, 0.1) is 13.2 Å². The fraction of sp³-hybridized carbons (Fsp3) is 0.471. The first-order valence-corrected chi connectivity index (χ1v) is 7.73. The highest BCUT2D eigenvalue weighted by molar-refractivity contribution is 5.84. The zero-order chi connectivity index (χ0) is 15.5. The number of morpholine rings is 1. The molecular weight excluding hydrogens is 280 g/mol. The summed E-state index contributed by atoms with van der Waals surface area (Å²) in [5, 5.41) is 4.07. The molecule has 3 rings (SSSR count). The van der Waals surface area contributed by atoms with Gasteiger partial charge in [-0.05, 0) is 31.0 Å². The van der Waals surface area contributed by atoms with Gasteiger partial charge in [0, 0.05) is 49.4 Å². The van der Waals surface area contributed by atoms with E-state index in [2.05, 4.69) is 10.2 Å². The molecule has 118 valence electrons. The zero-order valence-electron chi connectivity index (χ0n) is 13.1. The average Bonchev–Trinajstić information content (AvgIpc) is 2.55. The Labute approximate surface area is 129 Å². The Kier molecular flexibility index (Phi) is 4.45. The molecule has 1 aromatic carbocycles. The molecule has 2 aromatic rings. The molecule has 0 aliphatic carbocycles. The highest BCUT2D eigenvalue weighted by Crippen LogP contribution is 2.23. The predicted molar refractivity (Wildman–Crippen MR) is 87.7 cm³/mol. The van der Waals surface area contributed by atoms with Crippen molar-refractivity contribution in [3.63, 3.8) is 0 Å². The second-order valence-electron chi connectivity index (χ2n) is 5.66. The summed E-state index contributed by atoms with van der Waals surface area (Å²) in [6, 6.07) is 5.88. The molecule has 0 saturated carbocycles. The van der Waals surface area contributed by atoms with E-state index < -0.39 is 0 Å². The summed E-state index contributed by atoms with van der Waals surface area (Å²) in [6.45, 7) is 6.30. The van der Waals surface area contributed by atoms with Gasteiger partial charge in [-0.15, -0.1) is 0 Å². The highest BCUT2D eigenvalue weighted by atomic mass is 16.5. The number of hydrogen-bond acceptors (Lipinski definition) is 5. The van der Waals surface area contributed by atoms with Crippen molar-refractivity contribution >= 4 is 16.7 Å². The fourth-order valence-corrected chi connectivity index (χ4v) is 2.93. The van der Waals surface area contributed by atoms with Gasteiger partial charge in [-0.3, -0.25) is 4.90 Å². The lowest BCUT2D eigenvalue weighted by Gasteiger charge is -2.26. The quantitative estimate of drug-likeness (QED) is 0.876. The van der Waals surface area contributed by atoms with E-state index >= 15 is 0 Å². The van der Waals surface area contributed by atoms with Crippen molar-refractivity contribution in [1.82, 2.24) is 4.90 Å². The highest BCUT2D eigenvalue weighted by Gasteiger charge is 2.15. The minimum absolute atomic E-state index is 0.216. The molecule has 0 radical (unpaired) electrons. The number of ether oxygens (including phenoxy) is 1. The van der Waals surface area contributed by atoms with Crippen LogP contribution in [0.25, 0.3) is 11.0 Å². The van der Waals surface area contributed by atoms with Crippen molar-refractivity contribution in [1.29, 1.82) is 0 Å². The lowest BCUT2D eigenvalue weighted by molar-refractivity contribution is 0.0383. The van der Waals surface area contributed by atoms with Crippen molar-refractivity contribution in [2.75, 3.05) is 45.2 Å². The van der Waals surface area contributed by atoms with Crippen molar-refractivity contribution in [2.45, 2.75) is 13.3 Å². The van der Waals surface area contributed by atoms with Crippen LogP contribution >= 0.6 is 0 Å². The van der Waals surface area contributed by atoms with E-state index in [0.717, 1.165) is 61.5 Å². The standard InChI is InChI=1S/C17H22N2O3/c1-12-14-4-3-13(18-2)11-16(14)22-17(20)15(12)5-6-19-7-9-21-10-8-19/h3-4,11,18H,5-10H2,1-2H3. The molecule has 0 bridgehead atoms. The van der Waals surface area contributed by atoms with Crippen LogP contribution in [0.4, 0.5) is 5.69 Å². The van der Waals surface area contributed by atoms with Crippen LogP contribution in [0.3, 0.4) is 0 Å². The molecule has 1 saturated heterocycles. The molecule has 0 unspecified atom stereocenters. The molecule has 22 heavy (non-hydrogen) atoms. The maximum atomic E-state index is 12.3. The summed E-state index contributed by atoms with van der Waals surface area (Å²) < 4.78 is 10.9. The van der Waals surface area contributed by atoms with E-state index in [9.17, 15) is 4.79 Å². The molecule has 1 N–H and O–H groups in total. The number of nitrogens with one attached hydrogen (secondary N) is 1. The third kappa shape index (κ3) is 3.00. The van der Waals surface area contributed by atoms with Gasteiger partial charge in [0.15, 0.2) is 0 Å². The Hall–Kier alpha value is -1.85. The first-order chi connectivity index (χ1) is 10.7. The topological polar surface area (TPSA) is 54.7 Å². The number of fused-ring (bicyclic) bond motifs is 1. The predicted octanol–water partition coefficient (Wildman–Crippen LogP) is 2.02. The van der Waals surface area contributed by atoms with Crippen LogP contribution in [0.1, 0.15) is 11.1 Å². The third-order valence-electron chi connectivity index (χ3n) is 4.36. The minimum Gasteiger partial charge on any atom is -0.422 e. The van der Waals surface area contributed by atoms with E-state index in [1.165, 1.54) is 0 Å². The Morgan fingerprint density at radius 1 is 1.27 bits per heavy atom. The smallest absolute Gasteiger partial charge is 0.339 e. The van der Waals surface area contributed by atoms with Crippen LogP contribution in [0, 0.1) is 6.92 Å². The molecule has 0 atom stereocenters. The molecule has 1 aliphatic heterocycles. The van der Waals surface area contributed by atoms with Gasteiger partial charge in [0.1, 0.15) is 5.58 Å². The summed E-state index contributed by atoms with van der Waals surface area (Å²) >= 11 is 0. The van der Waals surface area contributed by atoms with E-state index in [1.807, 2.05) is 32.2 Å². The number of hydrogen-bond donors (Lipinski definition) is 1. The Balaban J connectivity index is 1.87. The molecular formula is C17H22N2O3. The van der Waals surface area contributed by atoms with Crippen LogP contribution in [-0.2, 0) is 11.2 Å². The molecule has 0 spiro atoms. The van der Waals surface area contributed by atoms with Gasteiger partial charge >= 0.3 is 5.63 Å². The number of benzene rings is 1. The van der Waals surface area contributed by atoms with E-state index in [-0.39, 0.29) is 5.63 Å². The van der Waals surface area contributed by atoms with Crippen LogP contribution in [-0.4, -0.2) is 44.8 Å². The second-order valence-corrected chi connectivity index (χ2v) is 5.66. The molecule has 1 fully saturated rings. The molecule has 2 heterocycles. The molecule has 5 heteroatoms. The van der Waals surface area contributed by atoms with E-state index in [1.54, 1.807) is 0 Å². The largest absolute Gasteiger partial charge is 0.422 e. The first kappa shape index (κ1) is 15.1. The van der Waals surface area contributed by atoms with Gasteiger partial charge in [-0.25, -0.2) is 4.79 Å². The van der Waals surface area contributed by atoms with E-state index in [4.69, 9.17) is 9.15 Å². The monoisotopic (exact) mass is 302 g/mol. The summed E-state index contributed by atoms with van der Waals surface area (Å²) in [5.74, 6) is 0. The average molecular weight is 302 g/mol. The van der Waals surface area contributed by atoms with Gasteiger partial charge < -0.3 is 14.5 Å². The van der Waals surface area contributed by atoms with Crippen LogP contribution in [0.15, 0.2) is 27.4 Å². The number of aryl methyl sites for hydroxylation is 1.